The van der Waals surface area contributed by atoms with Crippen molar-refractivity contribution >= 4 is 29.2 Å². The zero-order valence-electron chi connectivity index (χ0n) is 15.2. The van der Waals surface area contributed by atoms with E-state index >= 15 is 0 Å². The van der Waals surface area contributed by atoms with Crippen LogP contribution in [0.1, 0.15) is 43.0 Å². The molecule has 3 unspecified atom stereocenters. The zero-order valence-corrected chi connectivity index (χ0v) is 15.9. The van der Waals surface area contributed by atoms with E-state index in [1.54, 1.807) is 13.1 Å². The summed E-state index contributed by atoms with van der Waals surface area (Å²) in [5.74, 6) is -0.968. The van der Waals surface area contributed by atoms with Crippen molar-refractivity contribution in [2.75, 3.05) is 19.0 Å². The quantitative estimate of drug-likeness (QED) is 0.856. The normalized spacial score (nSPS) is 33.8. The van der Waals surface area contributed by atoms with E-state index in [-0.39, 0.29) is 28.2 Å². The molecule has 4 rings (SSSR count). The van der Waals surface area contributed by atoms with Crippen molar-refractivity contribution in [2.24, 2.45) is 5.92 Å². The van der Waals surface area contributed by atoms with Crippen LogP contribution in [0.2, 0.25) is 5.02 Å². The van der Waals surface area contributed by atoms with E-state index in [0.29, 0.717) is 17.8 Å². The lowest BCUT2D eigenvalue weighted by atomic mass is 9.77. The molecule has 6 nitrogen and oxygen atoms in total. The van der Waals surface area contributed by atoms with E-state index in [1.807, 2.05) is 6.92 Å². The van der Waals surface area contributed by atoms with Gasteiger partial charge in [0.1, 0.15) is 5.56 Å². The van der Waals surface area contributed by atoms with E-state index in [1.165, 1.54) is 11.0 Å². The Kier molecular flexibility index (Phi) is 3.97. The van der Waals surface area contributed by atoms with E-state index in [9.17, 15) is 14.7 Å². The number of nitrogens with zero attached hydrogens (tertiary/aromatic N) is 2. The molecular formula is C19H23ClN2O4. The van der Waals surface area contributed by atoms with Crippen molar-refractivity contribution in [2.45, 2.75) is 50.3 Å². The number of carbonyl (C=O) groups is 2. The molecule has 0 saturated carbocycles. The monoisotopic (exact) mass is 378 g/mol. The summed E-state index contributed by atoms with van der Waals surface area (Å²) in [4.78, 5) is 28.8. The highest BCUT2D eigenvalue weighted by Gasteiger charge is 2.54. The Hall–Kier alpha value is -1.79. The minimum absolute atomic E-state index is 0.00558. The molecule has 7 heteroatoms. The Labute approximate surface area is 157 Å². The molecule has 3 aliphatic heterocycles. The largest absolute Gasteiger partial charge is 0.478 e. The minimum atomic E-state index is -1.11. The summed E-state index contributed by atoms with van der Waals surface area (Å²) in [6.07, 6.45) is 4.05. The highest BCUT2D eigenvalue weighted by Crippen LogP contribution is 2.49. The lowest BCUT2D eigenvalue weighted by molar-refractivity contribution is -0.141. The van der Waals surface area contributed by atoms with Gasteiger partial charge >= 0.3 is 5.97 Å². The molecule has 2 fully saturated rings. The SMILES string of the molecule is CN1C(=O)C(C)(C2CC3CCC(C2)N3C)Oc2c(C(=O)O)cc(Cl)cc21. The standard InChI is InChI=1S/C19H23ClN2O4/c1-19(10-6-12-4-5-13(7-10)21(12)2)18(25)22(3)15-9-11(20)8-14(17(23)24)16(15)26-19/h8-10,12-13H,4-7H2,1-3H3,(H,23,24). The van der Waals surface area contributed by atoms with Crippen LogP contribution in [0.5, 0.6) is 5.75 Å². The fourth-order valence-electron chi connectivity index (χ4n) is 4.91. The second-order valence-corrected chi connectivity index (χ2v) is 8.34. The van der Waals surface area contributed by atoms with Gasteiger partial charge in [0.15, 0.2) is 11.4 Å². The fourth-order valence-corrected chi connectivity index (χ4v) is 5.12. The van der Waals surface area contributed by atoms with Crippen molar-refractivity contribution in [1.82, 2.24) is 4.90 Å². The number of hydrogen-bond donors (Lipinski definition) is 1. The van der Waals surface area contributed by atoms with Gasteiger partial charge in [-0.3, -0.25) is 4.79 Å². The summed E-state index contributed by atoms with van der Waals surface area (Å²) < 4.78 is 6.20. The smallest absolute Gasteiger partial charge is 0.339 e. The van der Waals surface area contributed by atoms with Gasteiger partial charge in [-0.25, -0.2) is 4.79 Å². The van der Waals surface area contributed by atoms with Crippen LogP contribution in [0.4, 0.5) is 5.69 Å². The Morgan fingerprint density at radius 1 is 1.27 bits per heavy atom. The molecule has 3 heterocycles. The first-order valence-corrected chi connectivity index (χ1v) is 9.36. The predicted octanol–water partition coefficient (Wildman–Crippen LogP) is 3.02. The summed E-state index contributed by atoms with van der Waals surface area (Å²) in [6, 6.07) is 3.88. The molecule has 1 aromatic rings. The maximum absolute atomic E-state index is 13.2. The van der Waals surface area contributed by atoms with Gasteiger partial charge in [0.2, 0.25) is 0 Å². The van der Waals surface area contributed by atoms with Crippen molar-refractivity contribution in [3.63, 3.8) is 0 Å². The summed E-state index contributed by atoms with van der Waals surface area (Å²) in [5, 5.41) is 9.85. The van der Waals surface area contributed by atoms with Gasteiger partial charge in [0.25, 0.3) is 5.91 Å². The van der Waals surface area contributed by atoms with Crippen LogP contribution in [-0.2, 0) is 4.79 Å². The average molecular weight is 379 g/mol. The number of carbonyl (C=O) groups excluding carboxylic acids is 1. The lowest BCUT2D eigenvalue weighted by Crippen LogP contribution is -2.60. The Morgan fingerprint density at radius 3 is 2.46 bits per heavy atom. The van der Waals surface area contributed by atoms with Crippen molar-refractivity contribution in [1.29, 1.82) is 0 Å². The van der Waals surface area contributed by atoms with Crippen LogP contribution in [0.15, 0.2) is 12.1 Å². The van der Waals surface area contributed by atoms with Gasteiger partial charge in [-0.1, -0.05) is 11.6 Å². The fraction of sp³-hybridized carbons (Fsp3) is 0.579. The van der Waals surface area contributed by atoms with Crippen LogP contribution in [0, 0.1) is 5.92 Å². The number of carboxylic acids is 1. The molecule has 1 N–H and O–H groups in total. The highest BCUT2D eigenvalue weighted by atomic mass is 35.5. The molecular weight excluding hydrogens is 356 g/mol. The third kappa shape index (κ3) is 2.42. The number of aromatic carboxylic acids is 1. The zero-order chi connectivity index (χ0) is 18.8. The van der Waals surface area contributed by atoms with Crippen LogP contribution in [0.25, 0.3) is 0 Å². The van der Waals surface area contributed by atoms with Gasteiger partial charge < -0.3 is 19.6 Å². The number of hydrogen-bond acceptors (Lipinski definition) is 4. The number of anilines is 1. The van der Waals surface area contributed by atoms with Gasteiger partial charge in [0.05, 0.1) is 5.69 Å². The van der Waals surface area contributed by atoms with E-state index in [0.717, 1.165) is 25.7 Å². The summed E-state index contributed by atoms with van der Waals surface area (Å²) in [5.41, 5.74) is -0.663. The Balaban J connectivity index is 1.76. The summed E-state index contributed by atoms with van der Waals surface area (Å²) in [6.45, 7) is 1.81. The third-order valence-electron chi connectivity index (χ3n) is 6.55. The van der Waals surface area contributed by atoms with Crippen LogP contribution < -0.4 is 9.64 Å². The highest BCUT2D eigenvalue weighted by molar-refractivity contribution is 6.31. The number of rotatable bonds is 2. The van der Waals surface area contributed by atoms with Gasteiger partial charge in [-0.2, -0.15) is 0 Å². The molecule has 140 valence electrons. The van der Waals surface area contributed by atoms with E-state index < -0.39 is 11.6 Å². The van der Waals surface area contributed by atoms with Crippen LogP contribution in [-0.4, -0.2) is 53.7 Å². The molecule has 3 atom stereocenters. The number of fused-ring (bicyclic) bond motifs is 3. The number of piperidine rings is 1. The first kappa shape index (κ1) is 17.6. The number of likely N-dealkylation sites (N-methyl/N-ethyl adjacent to an activating group) is 1. The molecule has 3 aliphatic rings. The number of halogens is 1. The molecule has 1 aromatic carbocycles. The molecule has 26 heavy (non-hydrogen) atoms. The maximum atomic E-state index is 13.2. The molecule has 1 amide bonds. The van der Waals surface area contributed by atoms with Crippen LogP contribution >= 0.6 is 11.6 Å². The maximum Gasteiger partial charge on any atom is 0.339 e. The average Bonchev–Trinajstić information content (AvgIpc) is 2.81. The van der Waals surface area contributed by atoms with Crippen molar-refractivity contribution < 1.29 is 19.4 Å². The molecule has 2 bridgehead atoms. The number of carboxylic acid groups (broad SMARTS) is 1. The molecule has 0 spiro atoms. The van der Waals surface area contributed by atoms with Crippen LogP contribution in [0.3, 0.4) is 0 Å². The molecule has 0 aromatic heterocycles. The Morgan fingerprint density at radius 2 is 1.88 bits per heavy atom. The molecule has 2 saturated heterocycles. The lowest BCUT2D eigenvalue weighted by Gasteiger charge is -2.48. The van der Waals surface area contributed by atoms with E-state index in [2.05, 4.69) is 11.9 Å². The summed E-state index contributed by atoms with van der Waals surface area (Å²) in [7, 11) is 3.81. The van der Waals surface area contributed by atoms with E-state index in [4.69, 9.17) is 16.3 Å². The first-order chi connectivity index (χ1) is 12.2. The van der Waals surface area contributed by atoms with Gasteiger partial charge in [-0.15, -0.1) is 0 Å². The number of benzene rings is 1. The summed E-state index contributed by atoms with van der Waals surface area (Å²) >= 11 is 6.06. The Bertz CT molecular complexity index is 784. The molecule has 0 aliphatic carbocycles. The minimum Gasteiger partial charge on any atom is -0.478 e. The topological polar surface area (TPSA) is 70.1 Å². The molecule has 0 radical (unpaired) electrons. The second kappa shape index (κ2) is 5.86. The number of amides is 1. The third-order valence-corrected chi connectivity index (χ3v) is 6.76. The van der Waals surface area contributed by atoms with Crippen molar-refractivity contribution in [3.8, 4) is 5.75 Å². The van der Waals surface area contributed by atoms with Crippen molar-refractivity contribution in [3.05, 3.63) is 22.7 Å². The number of ether oxygens (including phenoxy) is 1. The second-order valence-electron chi connectivity index (χ2n) is 7.90. The predicted molar refractivity (Wildman–Crippen MR) is 98.2 cm³/mol. The van der Waals surface area contributed by atoms with Gasteiger partial charge in [-0.05, 0) is 51.8 Å². The first-order valence-electron chi connectivity index (χ1n) is 8.98. The van der Waals surface area contributed by atoms with Gasteiger partial charge in [0, 0.05) is 30.1 Å².